The van der Waals surface area contributed by atoms with E-state index in [0.29, 0.717) is 10.7 Å². The van der Waals surface area contributed by atoms with Gasteiger partial charge in [-0.25, -0.2) is 0 Å². The minimum absolute atomic E-state index is 0.528. The molecule has 2 heterocycles. The van der Waals surface area contributed by atoms with Gasteiger partial charge in [-0.3, -0.25) is 4.98 Å². The summed E-state index contributed by atoms with van der Waals surface area (Å²) in [7, 11) is 0. The van der Waals surface area contributed by atoms with E-state index in [9.17, 15) is 0 Å². The van der Waals surface area contributed by atoms with Crippen LogP contribution in [-0.4, -0.2) is 23.0 Å². The molecular formula is C12H16BrNO. The predicted octanol–water partition coefficient (Wildman–Crippen LogP) is 2.81. The van der Waals surface area contributed by atoms with E-state index in [2.05, 4.69) is 33.0 Å². The van der Waals surface area contributed by atoms with Crippen LogP contribution in [0.2, 0.25) is 0 Å². The van der Waals surface area contributed by atoms with Crippen molar-refractivity contribution >= 4 is 15.9 Å². The fraction of sp³-hybridized carbons (Fsp3) is 0.583. The summed E-state index contributed by atoms with van der Waals surface area (Å²) in [5.74, 6) is 0.659. The molecule has 82 valence electrons. The summed E-state index contributed by atoms with van der Waals surface area (Å²) in [6.45, 7) is 1.84. The monoisotopic (exact) mass is 269 g/mol. The van der Waals surface area contributed by atoms with Gasteiger partial charge in [-0.1, -0.05) is 15.9 Å². The van der Waals surface area contributed by atoms with E-state index in [1.54, 1.807) is 0 Å². The van der Waals surface area contributed by atoms with Gasteiger partial charge >= 0.3 is 0 Å². The summed E-state index contributed by atoms with van der Waals surface area (Å²) in [6.07, 6.45) is 7.25. The first-order valence-corrected chi connectivity index (χ1v) is 6.38. The average Bonchev–Trinajstić information content (AvgIpc) is 2.31. The van der Waals surface area contributed by atoms with E-state index in [0.717, 1.165) is 19.6 Å². The van der Waals surface area contributed by atoms with Gasteiger partial charge in [0.1, 0.15) is 0 Å². The van der Waals surface area contributed by atoms with Crippen LogP contribution >= 0.6 is 15.9 Å². The van der Waals surface area contributed by atoms with Gasteiger partial charge in [-0.2, -0.15) is 0 Å². The van der Waals surface area contributed by atoms with Crippen molar-refractivity contribution in [3.8, 4) is 0 Å². The Balaban J connectivity index is 1.88. The zero-order valence-corrected chi connectivity index (χ0v) is 10.3. The normalized spacial score (nSPS) is 23.7. The first-order valence-electron chi connectivity index (χ1n) is 5.47. The number of hydrogen-bond donors (Lipinski definition) is 0. The maximum absolute atomic E-state index is 5.50. The summed E-state index contributed by atoms with van der Waals surface area (Å²) in [6, 6.07) is 4.16. The molecule has 15 heavy (non-hydrogen) atoms. The zero-order valence-electron chi connectivity index (χ0n) is 8.73. The Morgan fingerprint density at radius 2 is 2.27 bits per heavy atom. The maximum Gasteiger partial charge on any atom is 0.0505 e. The van der Waals surface area contributed by atoms with Gasteiger partial charge in [0.25, 0.3) is 0 Å². The SMILES string of the molecule is BrC(Cc1ccncc1)C1CCCOC1. The van der Waals surface area contributed by atoms with Crippen molar-refractivity contribution in [2.45, 2.75) is 24.1 Å². The van der Waals surface area contributed by atoms with Crippen molar-refractivity contribution in [2.75, 3.05) is 13.2 Å². The lowest BCUT2D eigenvalue weighted by Crippen LogP contribution is -2.26. The molecule has 1 aliphatic rings. The predicted molar refractivity (Wildman–Crippen MR) is 64.2 cm³/mol. The molecule has 0 spiro atoms. The highest BCUT2D eigenvalue weighted by Crippen LogP contribution is 2.25. The van der Waals surface area contributed by atoms with E-state index >= 15 is 0 Å². The zero-order chi connectivity index (χ0) is 10.5. The Morgan fingerprint density at radius 1 is 1.47 bits per heavy atom. The molecule has 1 aromatic heterocycles. The van der Waals surface area contributed by atoms with Gasteiger partial charge in [0.2, 0.25) is 0 Å². The second-order valence-electron chi connectivity index (χ2n) is 4.05. The van der Waals surface area contributed by atoms with Crippen molar-refractivity contribution in [2.24, 2.45) is 5.92 Å². The first-order chi connectivity index (χ1) is 7.36. The first kappa shape index (κ1) is 11.1. The van der Waals surface area contributed by atoms with E-state index in [-0.39, 0.29) is 0 Å². The lowest BCUT2D eigenvalue weighted by Gasteiger charge is -2.26. The Morgan fingerprint density at radius 3 is 2.93 bits per heavy atom. The Kier molecular flexibility index (Phi) is 4.15. The highest BCUT2D eigenvalue weighted by atomic mass is 79.9. The number of pyridine rings is 1. The van der Waals surface area contributed by atoms with Gasteiger partial charge < -0.3 is 4.74 Å². The molecule has 2 rings (SSSR count). The van der Waals surface area contributed by atoms with Gasteiger partial charge in [-0.05, 0) is 42.9 Å². The van der Waals surface area contributed by atoms with Crippen LogP contribution in [0.3, 0.4) is 0 Å². The highest BCUT2D eigenvalue weighted by Gasteiger charge is 2.21. The molecule has 0 amide bonds. The van der Waals surface area contributed by atoms with E-state index in [4.69, 9.17) is 4.74 Å². The number of hydrogen-bond acceptors (Lipinski definition) is 2. The summed E-state index contributed by atoms with van der Waals surface area (Å²) in [5, 5.41) is 0. The third-order valence-electron chi connectivity index (χ3n) is 2.89. The van der Waals surface area contributed by atoms with Gasteiger partial charge in [0, 0.05) is 23.8 Å². The highest BCUT2D eigenvalue weighted by molar-refractivity contribution is 9.09. The third-order valence-corrected chi connectivity index (χ3v) is 3.96. The number of ether oxygens (including phenoxy) is 1. The average molecular weight is 270 g/mol. The fourth-order valence-corrected chi connectivity index (χ4v) is 2.75. The molecule has 1 aliphatic heterocycles. The summed E-state index contributed by atoms with van der Waals surface area (Å²) in [4.78, 5) is 4.55. The number of aromatic nitrogens is 1. The van der Waals surface area contributed by atoms with Crippen LogP contribution in [0.15, 0.2) is 24.5 Å². The van der Waals surface area contributed by atoms with Crippen molar-refractivity contribution < 1.29 is 4.74 Å². The van der Waals surface area contributed by atoms with Gasteiger partial charge in [0.05, 0.1) is 6.61 Å². The number of rotatable bonds is 3. The van der Waals surface area contributed by atoms with Gasteiger partial charge in [-0.15, -0.1) is 0 Å². The van der Waals surface area contributed by atoms with E-state index in [1.165, 1.54) is 18.4 Å². The molecule has 3 heteroatoms. The summed E-state index contributed by atoms with van der Waals surface area (Å²) < 4.78 is 5.50. The summed E-state index contributed by atoms with van der Waals surface area (Å²) >= 11 is 3.78. The molecule has 1 aromatic rings. The topological polar surface area (TPSA) is 22.1 Å². The smallest absolute Gasteiger partial charge is 0.0505 e. The molecule has 0 N–H and O–H groups in total. The second-order valence-corrected chi connectivity index (χ2v) is 5.23. The maximum atomic E-state index is 5.50. The largest absolute Gasteiger partial charge is 0.381 e. The van der Waals surface area contributed by atoms with Crippen molar-refractivity contribution in [3.63, 3.8) is 0 Å². The van der Waals surface area contributed by atoms with Gasteiger partial charge in [0.15, 0.2) is 0 Å². The molecule has 0 aromatic carbocycles. The Labute approximate surface area is 99.2 Å². The van der Waals surface area contributed by atoms with Crippen LogP contribution in [0.25, 0.3) is 0 Å². The molecule has 2 unspecified atom stereocenters. The lowest BCUT2D eigenvalue weighted by atomic mass is 9.95. The minimum atomic E-state index is 0.528. The standard InChI is InChI=1S/C12H16BrNO/c13-12(11-2-1-7-15-9-11)8-10-3-5-14-6-4-10/h3-6,11-12H,1-2,7-9H2. The molecule has 0 saturated carbocycles. The minimum Gasteiger partial charge on any atom is -0.381 e. The van der Waals surface area contributed by atoms with Crippen molar-refractivity contribution in [1.29, 1.82) is 0 Å². The van der Waals surface area contributed by atoms with Crippen LogP contribution in [0.4, 0.5) is 0 Å². The quantitative estimate of drug-likeness (QED) is 0.788. The van der Waals surface area contributed by atoms with Crippen LogP contribution < -0.4 is 0 Å². The molecule has 2 atom stereocenters. The summed E-state index contributed by atoms with van der Waals surface area (Å²) in [5.41, 5.74) is 1.34. The van der Waals surface area contributed by atoms with Crippen LogP contribution in [0.1, 0.15) is 18.4 Å². The Hall–Kier alpha value is -0.410. The van der Waals surface area contributed by atoms with Crippen molar-refractivity contribution in [1.82, 2.24) is 4.98 Å². The lowest BCUT2D eigenvalue weighted by molar-refractivity contribution is 0.0547. The number of nitrogens with zero attached hydrogens (tertiary/aromatic N) is 1. The van der Waals surface area contributed by atoms with Crippen LogP contribution in [0.5, 0.6) is 0 Å². The Bertz CT molecular complexity index is 285. The van der Waals surface area contributed by atoms with Crippen molar-refractivity contribution in [3.05, 3.63) is 30.1 Å². The van der Waals surface area contributed by atoms with E-state index < -0.39 is 0 Å². The van der Waals surface area contributed by atoms with Crippen LogP contribution in [0, 0.1) is 5.92 Å². The molecule has 0 radical (unpaired) electrons. The molecule has 1 fully saturated rings. The second kappa shape index (κ2) is 5.61. The molecule has 2 nitrogen and oxygen atoms in total. The third kappa shape index (κ3) is 3.28. The van der Waals surface area contributed by atoms with E-state index in [1.807, 2.05) is 12.4 Å². The van der Waals surface area contributed by atoms with Crippen LogP contribution in [-0.2, 0) is 11.2 Å². The number of alkyl halides is 1. The molecular weight excluding hydrogens is 254 g/mol. The molecule has 0 aliphatic carbocycles. The molecule has 1 saturated heterocycles. The molecule has 0 bridgehead atoms. The fourth-order valence-electron chi connectivity index (χ4n) is 1.96. The number of halogens is 1.